The summed E-state index contributed by atoms with van der Waals surface area (Å²) in [6.07, 6.45) is 0. The Balaban J connectivity index is 0.00000289. The molecule has 0 bridgehead atoms. The van der Waals surface area contributed by atoms with Crippen LogP contribution >= 0.6 is 12.4 Å². The molecule has 1 aromatic rings. The molecule has 0 fully saturated rings. The molecule has 0 aromatic heterocycles. The minimum atomic E-state index is -3.49. The number of rotatable bonds is 5. The molecule has 0 aliphatic carbocycles. The van der Waals surface area contributed by atoms with E-state index in [9.17, 15) is 13.6 Å². The maximum absolute atomic E-state index is 13.7. The fraction of sp³-hybridized carbons (Fsp3) is 0.417. The summed E-state index contributed by atoms with van der Waals surface area (Å²) in [5, 5.41) is 5.07. The molecule has 0 saturated carbocycles. The number of likely N-dealkylation sites (N-methyl/N-ethyl adjacent to an activating group) is 1. The molecular formula is C12H17ClF2N2O. The maximum atomic E-state index is 13.7. The first-order valence-electron chi connectivity index (χ1n) is 5.37. The lowest BCUT2D eigenvalue weighted by molar-refractivity contribution is -0.147. The molecule has 0 aliphatic rings. The average Bonchev–Trinajstić information content (AvgIpc) is 2.36. The molecule has 0 saturated heterocycles. The van der Waals surface area contributed by atoms with E-state index in [0.717, 1.165) is 0 Å². The minimum absolute atomic E-state index is 0. The van der Waals surface area contributed by atoms with E-state index in [4.69, 9.17) is 0 Å². The highest BCUT2D eigenvalue weighted by atomic mass is 35.5. The van der Waals surface area contributed by atoms with Gasteiger partial charge in [-0.05, 0) is 14.0 Å². The molecule has 0 spiro atoms. The van der Waals surface area contributed by atoms with E-state index in [1.807, 2.05) is 0 Å². The van der Waals surface area contributed by atoms with E-state index in [-0.39, 0.29) is 30.6 Å². The highest BCUT2D eigenvalue weighted by Gasteiger charge is 2.40. The van der Waals surface area contributed by atoms with Crippen molar-refractivity contribution in [3.63, 3.8) is 0 Å². The molecule has 0 aliphatic heterocycles. The van der Waals surface area contributed by atoms with E-state index >= 15 is 0 Å². The van der Waals surface area contributed by atoms with Crippen molar-refractivity contribution >= 4 is 18.3 Å². The van der Waals surface area contributed by atoms with Crippen LogP contribution in [0.3, 0.4) is 0 Å². The summed E-state index contributed by atoms with van der Waals surface area (Å²) in [7, 11) is 1.70. The third-order valence-electron chi connectivity index (χ3n) is 2.48. The molecular weight excluding hydrogens is 262 g/mol. The molecule has 1 aromatic carbocycles. The van der Waals surface area contributed by atoms with Gasteiger partial charge in [-0.1, -0.05) is 30.3 Å². The number of hydrogen-bond donors (Lipinski definition) is 2. The van der Waals surface area contributed by atoms with Gasteiger partial charge >= 0.3 is 5.92 Å². The Labute approximate surface area is 111 Å². The van der Waals surface area contributed by atoms with Gasteiger partial charge in [0.15, 0.2) is 0 Å². The van der Waals surface area contributed by atoms with Gasteiger partial charge in [0.2, 0.25) is 0 Å². The number of hydrogen-bond acceptors (Lipinski definition) is 2. The van der Waals surface area contributed by atoms with Gasteiger partial charge in [-0.15, -0.1) is 12.4 Å². The molecule has 0 radical (unpaired) electrons. The summed E-state index contributed by atoms with van der Waals surface area (Å²) in [5.41, 5.74) is -0.297. The van der Waals surface area contributed by atoms with Crippen molar-refractivity contribution in [2.45, 2.75) is 18.9 Å². The Morgan fingerprint density at radius 1 is 1.33 bits per heavy atom. The smallest absolute Gasteiger partial charge is 0.349 e. The second kappa shape index (κ2) is 7.28. The third kappa shape index (κ3) is 4.23. The van der Waals surface area contributed by atoms with Gasteiger partial charge in [-0.3, -0.25) is 4.79 Å². The Bertz CT molecular complexity index is 374. The first kappa shape index (κ1) is 16.8. The maximum Gasteiger partial charge on any atom is 0.349 e. The van der Waals surface area contributed by atoms with Gasteiger partial charge in [0, 0.05) is 18.2 Å². The number of alkyl halides is 2. The normalized spacial score (nSPS) is 12.4. The summed E-state index contributed by atoms with van der Waals surface area (Å²) in [6, 6.07) is 7.01. The van der Waals surface area contributed by atoms with Crippen LogP contribution in [-0.2, 0) is 10.7 Å². The number of carbonyl (C=O) groups excluding carboxylic acids is 1. The fourth-order valence-corrected chi connectivity index (χ4v) is 1.24. The van der Waals surface area contributed by atoms with Gasteiger partial charge in [0.1, 0.15) is 0 Å². The molecule has 3 nitrogen and oxygen atoms in total. The van der Waals surface area contributed by atoms with Crippen molar-refractivity contribution in [3.8, 4) is 0 Å². The van der Waals surface area contributed by atoms with Crippen LogP contribution in [0.5, 0.6) is 0 Å². The fourth-order valence-electron chi connectivity index (χ4n) is 1.24. The summed E-state index contributed by atoms with van der Waals surface area (Å²) in [6.45, 7) is 1.96. The Hall–Kier alpha value is -1.20. The van der Waals surface area contributed by atoms with Gasteiger partial charge < -0.3 is 10.6 Å². The topological polar surface area (TPSA) is 41.1 Å². The molecule has 1 rings (SSSR count). The van der Waals surface area contributed by atoms with Crippen molar-refractivity contribution < 1.29 is 13.6 Å². The van der Waals surface area contributed by atoms with Gasteiger partial charge in [-0.25, -0.2) is 0 Å². The zero-order chi connectivity index (χ0) is 12.9. The molecule has 6 heteroatoms. The molecule has 1 unspecified atom stereocenters. The summed E-state index contributed by atoms with van der Waals surface area (Å²) in [4.78, 5) is 11.4. The number of amides is 1. The molecule has 18 heavy (non-hydrogen) atoms. The summed E-state index contributed by atoms with van der Waals surface area (Å²) in [5.74, 6) is -4.76. The van der Waals surface area contributed by atoms with Crippen LogP contribution in [0.4, 0.5) is 8.78 Å². The van der Waals surface area contributed by atoms with E-state index in [1.54, 1.807) is 20.0 Å². The average molecular weight is 279 g/mol. The van der Waals surface area contributed by atoms with Crippen molar-refractivity contribution in [2.24, 2.45) is 0 Å². The van der Waals surface area contributed by atoms with E-state index in [0.29, 0.717) is 0 Å². The Morgan fingerprint density at radius 3 is 2.39 bits per heavy atom. The zero-order valence-corrected chi connectivity index (χ0v) is 11.1. The van der Waals surface area contributed by atoms with Crippen molar-refractivity contribution in [3.05, 3.63) is 35.9 Å². The van der Waals surface area contributed by atoms with Crippen LogP contribution < -0.4 is 10.6 Å². The molecule has 1 amide bonds. The lowest BCUT2D eigenvalue weighted by Gasteiger charge is -2.18. The standard InChI is InChI=1S/C12H16F2N2O.ClH/c1-9(15-2)8-16-11(17)12(13,14)10-6-4-3-5-7-10;/h3-7,9,15H,8H2,1-2H3,(H,16,17);1H. The quantitative estimate of drug-likeness (QED) is 0.864. The zero-order valence-electron chi connectivity index (χ0n) is 10.2. The second-order valence-corrected chi connectivity index (χ2v) is 3.84. The largest absolute Gasteiger partial charge is 0.349 e. The molecule has 102 valence electrons. The SMILES string of the molecule is CNC(C)CNC(=O)C(F)(F)c1ccccc1.Cl. The van der Waals surface area contributed by atoms with Crippen LogP contribution in [0, 0.1) is 0 Å². The van der Waals surface area contributed by atoms with E-state index in [1.165, 1.54) is 24.3 Å². The van der Waals surface area contributed by atoms with Crippen LogP contribution in [0.2, 0.25) is 0 Å². The molecule has 1 atom stereocenters. The minimum Gasteiger partial charge on any atom is -0.349 e. The first-order chi connectivity index (χ1) is 7.98. The van der Waals surface area contributed by atoms with Crippen LogP contribution in [-0.4, -0.2) is 25.5 Å². The first-order valence-corrected chi connectivity index (χ1v) is 5.37. The van der Waals surface area contributed by atoms with Gasteiger partial charge in [0.05, 0.1) is 0 Å². The number of halogens is 3. The highest BCUT2D eigenvalue weighted by Crippen LogP contribution is 2.27. The number of benzene rings is 1. The lowest BCUT2D eigenvalue weighted by Crippen LogP contribution is -2.43. The van der Waals surface area contributed by atoms with Crippen molar-refractivity contribution in [1.82, 2.24) is 10.6 Å². The van der Waals surface area contributed by atoms with E-state index in [2.05, 4.69) is 10.6 Å². The predicted octanol–water partition coefficient (Wildman–Crippen LogP) is 1.92. The Morgan fingerprint density at radius 2 is 1.89 bits per heavy atom. The van der Waals surface area contributed by atoms with Gasteiger partial charge in [-0.2, -0.15) is 8.78 Å². The van der Waals surface area contributed by atoms with Crippen LogP contribution in [0.15, 0.2) is 30.3 Å². The second-order valence-electron chi connectivity index (χ2n) is 3.84. The number of nitrogens with one attached hydrogen (secondary N) is 2. The summed E-state index contributed by atoms with van der Waals surface area (Å²) < 4.78 is 27.3. The van der Waals surface area contributed by atoms with Crippen molar-refractivity contribution in [1.29, 1.82) is 0 Å². The Kier molecular flexibility index (Phi) is 6.80. The molecule has 0 heterocycles. The van der Waals surface area contributed by atoms with Crippen molar-refractivity contribution in [2.75, 3.05) is 13.6 Å². The van der Waals surface area contributed by atoms with Crippen LogP contribution in [0.25, 0.3) is 0 Å². The molecule has 2 N–H and O–H groups in total. The van der Waals surface area contributed by atoms with Crippen LogP contribution in [0.1, 0.15) is 12.5 Å². The van der Waals surface area contributed by atoms with E-state index < -0.39 is 11.8 Å². The third-order valence-corrected chi connectivity index (χ3v) is 2.48. The highest BCUT2D eigenvalue weighted by molar-refractivity contribution is 5.85. The number of carbonyl (C=O) groups is 1. The predicted molar refractivity (Wildman–Crippen MR) is 69.1 cm³/mol. The van der Waals surface area contributed by atoms with Gasteiger partial charge in [0.25, 0.3) is 5.91 Å². The monoisotopic (exact) mass is 278 g/mol. The lowest BCUT2D eigenvalue weighted by atomic mass is 10.1. The summed E-state index contributed by atoms with van der Waals surface area (Å²) >= 11 is 0.